The molecular formula is C19H23ClN2O2. The minimum Gasteiger partial charge on any atom is -0.439 e. The molecule has 2 aliphatic heterocycles. The number of nitrogens with zero attached hydrogens (tertiary/aromatic N) is 2. The van der Waals surface area contributed by atoms with E-state index in [9.17, 15) is 0 Å². The van der Waals surface area contributed by atoms with Gasteiger partial charge < -0.3 is 9.15 Å². The number of ether oxygens (including phenoxy) is 1. The molecule has 0 amide bonds. The third kappa shape index (κ3) is 2.87. The molecule has 3 heterocycles. The third-order valence-electron chi connectivity index (χ3n) is 5.48. The van der Waals surface area contributed by atoms with Crippen LogP contribution in [0.2, 0.25) is 5.02 Å². The molecule has 2 fully saturated rings. The second-order valence-electron chi connectivity index (χ2n) is 7.17. The fourth-order valence-electron chi connectivity index (χ4n) is 3.89. The van der Waals surface area contributed by atoms with E-state index in [4.69, 9.17) is 25.7 Å². The molecule has 24 heavy (non-hydrogen) atoms. The molecule has 2 aromatic rings. The molecule has 0 unspecified atom stereocenters. The van der Waals surface area contributed by atoms with Crippen molar-refractivity contribution in [2.45, 2.75) is 32.7 Å². The Morgan fingerprint density at radius 3 is 2.75 bits per heavy atom. The van der Waals surface area contributed by atoms with Crippen LogP contribution in [-0.4, -0.2) is 36.2 Å². The zero-order valence-electron chi connectivity index (χ0n) is 14.2. The van der Waals surface area contributed by atoms with Gasteiger partial charge in [0, 0.05) is 29.2 Å². The number of aromatic nitrogens is 1. The van der Waals surface area contributed by atoms with Crippen LogP contribution < -0.4 is 0 Å². The van der Waals surface area contributed by atoms with Crippen molar-refractivity contribution in [3.63, 3.8) is 0 Å². The van der Waals surface area contributed by atoms with Gasteiger partial charge in [-0.1, -0.05) is 11.6 Å². The Balaban J connectivity index is 1.54. The van der Waals surface area contributed by atoms with Crippen LogP contribution in [0.5, 0.6) is 0 Å². The summed E-state index contributed by atoms with van der Waals surface area (Å²) in [6.45, 7) is 8.15. The van der Waals surface area contributed by atoms with Gasteiger partial charge in [0.15, 0.2) is 5.76 Å². The van der Waals surface area contributed by atoms with E-state index in [0.29, 0.717) is 5.41 Å². The number of benzene rings is 1. The molecule has 4 rings (SSSR count). The minimum atomic E-state index is 0.185. The van der Waals surface area contributed by atoms with Crippen LogP contribution >= 0.6 is 11.6 Å². The summed E-state index contributed by atoms with van der Waals surface area (Å²) in [5, 5.41) is 0.727. The average Bonchev–Trinajstić information content (AvgIpc) is 3.30. The maximum atomic E-state index is 6.14. The van der Waals surface area contributed by atoms with Crippen LogP contribution in [0.15, 0.2) is 28.7 Å². The first kappa shape index (κ1) is 16.1. The van der Waals surface area contributed by atoms with Crippen LogP contribution in [0, 0.1) is 12.3 Å². The summed E-state index contributed by atoms with van der Waals surface area (Å²) >= 11 is 5.98. The Hall–Kier alpha value is -1.36. The van der Waals surface area contributed by atoms with Crippen molar-refractivity contribution in [1.82, 2.24) is 9.88 Å². The molecule has 1 spiro atoms. The van der Waals surface area contributed by atoms with Gasteiger partial charge >= 0.3 is 0 Å². The van der Waals surface area contributed by atoms with E-state index >= 15 is 0 Å². The molecular weight excluding hydrogens is 324 g/mol. The second-order valence-corrected chi connectivity index (χ2v) is 7.61. The number of halogens is 1. The molecule has 0 N–H and O–H groups in total. The van der Waals surface area contributed by atoms with E-state index in [-0.39, 0.29) is 6.04 Å². The number of aryl methyl sites for hydroxylation is 1. The molecule has 0 aliphatic carbocycles. The molecule has 5 heteroatoms. The highest BCUT2D eigenvalue weighted by molar-refractivity contribution is 6.30. The molecule has 1 aromatic carbocycles. The lowest BCUT2D eigenvalue weighted by Gasteiger charge is -2.25. The van der Waals surface area contributed by atoms with E-state index < -0.39 is 0 Å². The lowest BCUT2D eigenvalue weighted by molar-refractivity contribution is 0.142. The molecule has 0 radical (unpaired) electrons. The summed E-state index contributed by atoms with van der Waals surface area (Å²) in [6.07, 6.45) is 2.39. The highest BCUT2D eigenvalue weighted by Gasteiger charge is 2.43. The van der Waals surface area contributed by atoms with E-state index in [0.717, 1.165) is 54.2 Å². The number of oxazole rings is 1. The van der Waals surface area contributed by atoms with E-state index in [1.807, 2.05) is 31.2 Å². The standard InChI is InChI=1S/C19H23ClN2O2/c1-13-17(15-3-5-16(20)6-4-15)24-18(21-13)14(2)22-9-7-19(11-22)8-10-23-12-19/h3-6,14H,7-12H2,1-2H3/t14-,19-/m0/s1. The van der Waals surface area contributed by atoms with Crippen molar-refractivity contribution >= 4 is 11.6 Å². The molecule has 4 nitrogen and oxygen atoms in total. The van der Waals surface area contributed by atoms with Gasteiger partial charge in [0.05, 0.1) is 18.3 Å². The summed E-state index contributed by atoms with van der Waals surface area (Å²) in [6, 6.07) is 7.90. The van der Waals surface area contributed by atoms with Crippen LogP contribution in [0.25, 0.3) is 11.3 Å². The van der Waals surface area contributed by atoms with Gasteiger partial charge in [-0.15, -0.1) is 0 Å². The zero-order chi connectivity index (χ0) is 16.7. The van der Waals surface area contributed by atoms with Crippen molar-refractivity contribution < 1.29 is 9.15 Å². The third-order valence-corrected chi connectivity index (χ3v) is 5.73. The van der Waals surface area contributed by atoms with Crippen LogP contribution in [0.3, 0.4) is 0 Å². The Bertz CT molecular complexity index is 719. The number of hydrogen-bond acceptors (Lipinski definition) is 4. The van der Waals surface area contributed by atoms with Crippen molar-refractivity contribution in [1.29, 1.82) is 0 Å². The first-order chi connectivity index (χ1) is 11.6. The Morgan fingerprint density at radius 2 is 2.04 bits per heavy atom. The van der Waals surface area contributed by atoms with Crippen LogP contribution in [0.1, 0.15) is 37.4 Å². The molecule has 0 saturated carbocycles. The monoisotopic (exact) mass is 346 g/mol. The van der Waals surface area contributed by atoms with Crippen molar-refractivity contribution in [3.8, 4) is 11.3 Å². The zero-order valence-corrected chi connectivity index (χ0v) is 15.0. The van der Waals surface area contributed by atoms with Crippen LogP contribution in [0.4, 0.5) is 0 Å². The summed E-state index contributed by atoms with van der Waals surface area (Å²) in [7, 11) is 0. The highest BCUT2D eigenvalue weighted by atomic mass is 35.5. The SMILES string of the molecule is Cc1nc([C@H](C)N2CC[C@]3(CCOC3)C2)oc1-c1ccc(Cl)cc1. The Morgan fingerprint density at radius 1 is 1.25 bits per heavy atom. The molecule has 2 aliphatic rings. The molecule has 1 aromatic heterocycles. The fourth-order valence-corrected chi connectivity index (χ4v) is 4.02. The summed E-state index contributed by atoms with van der Waals surface area (Å²) in [5.74, 6) is 1.64. The van der Waals surface area contributed by atoms with Crippen molar-refractivity contribution in [3.05, 3.63) is 40.9 Å². The molecule has 0 bridgehead atoms. The fraction of sp³-hybridized carbons (Fsp3) is 0.526. The quantitative estimate of drug-likeness (QED) is 0.821. The maximum Gasteiger partial charge on any atom is 0.212 e. The van der Waals surface area contributed by atoms with Gasteiger partial charge in [-0.2, -0.15) is 0 Å². The van der Waals surface area contributed by atoms with E-state index in [2.05, 4.69) is 11.8 Å². The summed E-state index contributed by atoms with van der Waals surface area (Å²) in [5.41, 5.74) is 2.30. The smallest absolute Gasteiger partial charge is 0.212 e. The van der Waals surface area contributed by atoms with E-state index in [1.165, 1.54) is 12.8 Å². The van der Waals surface area contributed by atoms with Crippen molar-refractivity contribution in [2.24, 2.45) is 5.41 Å². The average molecular weight is 347 g/mol. The normalized spacial score (nSPS) is 25.6. The van der Waals surface area contributed by atoms with E-state index in [1.54, 1.807) is 0 Å². The van der Waals surface area contributed by atoms with Gasteiger partial charge in [0.1, 0.15) is 0 Å². The minimum absolute atomic E-state index is 0.185. The second kappa shape index (κ2) is 6.17. The number of likely N-dealkylation sites (tertiary alicyclic amines) is 1. The Labute approximate surface area is 147 Å². The van der Waals surface area contributed by atoms with Gasteiger partial charge in [-0.3, -0.25) is 4.90 Å². The lowest BCUT2D eigenvalue weighted by Crippen LogP contribution is -2.29. The Kier molecular flexibility index (Phi) is 4.15. The molecule has 2 saturated heterocycles. The van der Waals surface area contributed by atoms with Gasteiger partial charge in [0.2, 0.25) is 5.89 Å². The molecule has 2 atom stereocenters. The first-order valence-electron chi connectivity index (χ1n) is 8.61. The van der Waals surface area contributed by atoms with Gasteiger partial charge in [0.25, 0.3) is 0 Å². The predicted molar refractivity (Wildman–Crippen MR) is 94.2 cm³/mol. The number of hydrogen-bond donors (Lipinski definition) is 0. The predicted octanol–water partition coefficient (Wildman–Crippen LogP) is 4.48. The van der Waals surface area contributed by atoms with Crippen molar-refractivity contribution in [2.75, 3.05) is 26.3 Å². The van der Waals surface area contributed by atoms with Gasteiger partial charge in [-0.05, 0) is 57.5 Å². The topological polar surface area (TPSA) is 38.5 Å². The highest BCUT2D eigenvalue weighted by Crippen LogP contribution is 2.41. The first-order valence-corrected chi connectivity index (χ1v) is 8.99. The molecule has 128 valence electrons. The summed E-state index contributed by atoms with van der Waals surface area (Å²) in [4.78, 5) is 7.17. The largest absolute Gasteiger partial charge is 0.439 e. The number of rotatable bonds is 3. The van der Waals surface area contributed by atoms with Crippen LogP contribution in [-0.2, 0) is 4.74 Å². The lowest BCUT2D eigenvalue weighted by atomic mass is 9.87. The summed E-state index contributed by atoms with van der Waals surface area (Å²) < 4.78 is 11.8. The maximum absolute atomic E-state index is 6.14. The van der Waals surface area contributed by atoms with Gasteiger partial charge in [-0.25, -0.2) is 4.98 Å².